The van der Waals surface area contributed by atoms with E-state index in [4.69, 9.17) is 5.73 Å². The molecule has 0 spiro atoms. The van der Waals surface area contributed by atoms with Crippen LogP contribution in [0.15, 0.2) is 4.99 Å². The smallest absolute Gasteiger partial charge is 0.0382 e. The summed E-state index contributed by atoms with van der Waals surface area (Å²) in [5, 5.41) is 0. The number of hydrogen-bond donors (Lipinski definition) is 1. The van der Waals surface area contributed by atoms with Crippen LogP contribution in [0.2, 0.25) is 0 Å². The van der Waals surface area contributed by atoms with E-state index < -0.39 is 0 Å². The molecule has 0 rings (SSSR count). The normalized spacial score (nSPS) is 10.9. The van der Waals surface area contributed by atoms with Crippen LogP contribution in [0.3, 0.4) is 0 Å². The van der Waals surface area contributed by atoms with Crippen molar-refractivity contribution in [3.05, 3.63) is 0 Å². The standard InChI is InChI=1S/C7H16N2/c1-2-6-9-7-4-3-5-8/h7H,2-6,8H2,1H3. The van der Waals surface area contributed by atoms with E-state index in [1.54, 1.807) is 0 Å². The summed E-state index contributed by atoms with van der Waals surface area (Å²) in [5.74, 6) is 0. The maximum Gasteiger partial charge on any atom is 0.0382 e. The third kappa shape index (κ3) is 7.63. The van der Waals surface area contributed by atoms with Gasteiger partial charge in [-0.15, -0.1) is 0 Å². The monoisotopic (exact) mass is 128 g/mol. The molecule has 0 saturated heterocycles. The van der Waals surface area contributed by atoms with Crippen LogP contribution < -0.4 is 5.73 Å². The summed E-state index contributed by atoms with van der Waals surface area (Å²) in [6.45, 7) is 3.86. The largest absolute Gasteiger partial charge is 0.330 e. The third-order valence-corrected chi connectivity index (χ3v) is 1.02. The van der Waals surface area contributed by atoms with Gasteiger partial charge in [-0.2, -0.15) is 0 Å². The highest BCUT2D eigenvalue weighted by Gasteiger charge is 1.77. The highest BCUT2D eigenvalue weighted by Crippen LogP contribution is 1.82. The SMILES string of the molecule is CCCN=CCCCN. The summed E-state index contributed by atoms with van der Waals surface area (Å²) in [4.78, 5) is 4.15. The molecule has 0 aromatic rings. The summed E-state index contributed by atoms with van der Waals surface area (Å²) in [7, 11) is 0. The Morgan fingerprint density at radius 1 is 1.56 bits per heavy atom. The van der Waals surface area contributed by atoms with Gasteiger partial charge < -0.3 is 5.73 Å². The molecule has 0 saturated carbocycles. The quantitative estimate of drug-likeness (QED) is 0.438. The number of aliphatic imine (C=N–C) groups is 1. The predicted octanol–water partition coefficient (Wildman–Crippen LogP) is 1.21. The third-order valence-electron chi connectivity index (χ3n) is 1.02. The van der Waals surface area contributed by atoms with Crippen molar-refractivity contribution in [1.29, 1.82) is 0 Å². The van der Waals surface area contributed by atoms with Crippen molar-refractivity contribution in [3.8, 4) is 0 Å². The summed E-state index contributed by atoms with van der Waals surface area (Å²) >= 11 is 0. The van der Waals surface area contributed by atoms with E-state index in [9.17, 15) is 0 Å². The van der Waals surface area contributed by atoms with Crippen LogP contribution in [0.5, 0.6) is 0 Å². The van der Waals surface area contributed by atoms with E-state index in [2.05, 4.69) is 11.9 Å². The van der Waals surface area contributed by atoms with Gasteiger partial charge in [0.25, 0.3) is 0 Å². The highest BCUT2D eigenvalue weighted by molar-refractivity contribution is 5.56. The zero-order valence-corrected chi connectivity index (χ0v) is 6.14. The molecule has 0 fully saturated rings. The van der Waals surface area contributed by atoms with Gasteiger partial charge in [-0.25, -0.2) is 0 Å². The second kappa shape index (κ2) is 7.63. The molecule has 9 heavy (non-hydrogen) atoms. The molecule has 0 aliphatic heterocycles. The Morgan fingerprint density at radius 3 is 2.89 bits per heavy atom. The molecule has 0 amide bonds. The molecular formula is C7H16N2. The van der Waals surface area contributed by atoms with Gasteiger partial charge in [-0.05, 0) is 32.0 Å². The lowest BCUT2D eigenvalue weighted by Gasteiger charge is -1.87. The average Bonchev–Trinajstić information content (AvgIpc) is 1.89. The van der Waals surface area contributed by atoms with Crippen molar-refractivity contribution in [1.82, 2.24) is 0 Å². The van der Waals surface area contributed by atoms with E-state index in [1.807, 2.05) is 6.21 Å². The lowest BCUT2D eigenvalue weighted by molar-refractivity contribution is 0.873. The molecule has 0 aromatic carbocycles. The maximum absolute atomic E-state index is 5.28. The molecule has 2 N–H and O–H groups in total. The van der Waals surface area contributed by atoms with Gasteiger partial charge in [0.1, 0.15) is 0 Å². The molecule has 2 nitrogen and oxygen atoms in total. The number of rotatable bonds is 5. The lowest BCUT2D eigenvalue weighted by Crippen LogP contribution is -1.97. The first-order valence-corrected chi connectivity index (χ1v) is 3.60. The summed E-state index contributed by atoms with van der Waals surface area (Å²) in [6.07, 6.45) is 5.21. The number of unbranched alkanes of at least 4 members (excludes halogenated alkanes) is 1. The molecular weight excluding hydrogens is 112 g/mol. The Morgan fingerprint density at radius 2 is 2.33 bits per heavy atom. The fraction of sp³-hybridized carbons (Fsp3) is 0.857. The van der Waals surface area contributed by atoms with Crippen molar-refractivity contribution in [3.63, 3.8) is 0 Å². The van der Waals surface area contributed by atoms with Gasteiger partial charge in [0.05, 0.1) is 0 Å². The molecule has 0 unspecified atom stereocenters. The van der Waals surface area contributed by atoms with Crippen molar-refractivity contribution in [2.24, 2.45) is 10.7 Å². The minimum atomic E-state index is 0.776. The topological polar surface area (TPSA) is 38.4 Å². The second-order valence-corrected chi connectivity index (χ2v) is 2.02. The first-order chi connectivity index (χ1) is 4.41. The maximum atomic E-state index is 5.28. The van der Waals surface area contributed by atoms with E-state index in [0.717, 1.165) is 32.4 Å². The molecule has 0 radical (unpaired) electrons. The number of nitrogens with two attached hydrogens (primary N) is 1. The predicted molar refractivity (Wildman–Crippen MR) is 41.9 cm³/mol. The Kier molecular flexibility index (Phi) is 7.32. The molecule has 0 bridgehead atoms. The Hall–Kier alpha value is -0.370. The van der Waals surface area contributed by atoms with Gasteiger partial charge in [0, 0.05) is 6.54 Å². The van der Waals surface area contributed by atoms with Crippen LogP contribution in [-0.4, -0.2) is 19.3 Å². The van der Waals surface area contributed by atoms with Crippen LogP contribution in [0.4, 0.5) is 0 Å². The first kappa shape index (κ1) is 8.63. The second-order valence-electron chi connectivity index (χ2n) is 2.02. The summed E-state index contributed by atoms with van der Waals surface area (Å²) in [6, 6.07) is 0. The average molecular weight is 128 g/mol. The Bertz CT molecular complexity index is 69.3. The van der Waals surface area contributed by atoms with Crippen molar-refractivity contribution in [2.45, 2.75) is 26.2 Å². The van der Waals surface area contributed by atoms with Gasteiger partial charge >= 0.3 is 0 Å². The van der Waals surface area contributed by atoms with Crippen molar-refractivity contribution >= 4 is 6.21 Å². The van der Waals surface area contributed by atoms with Crippen molar-refractivity contribution < 1.29 is 0 Å². The summed E-state index contributed by atoms with van der Waals surface area (Å²) in [5.41, 5.74) is 5.28. The Balaban J connectivity index is 2.86. The minimum Gasteiger partial charge on any atom is -0.330 e. The van der Waals surface area contributed by atoms with Gasteiger partial charge in [-0.1, -0.05) is 6.92 Å². The van der Waals surface area contributed by atoms with Crippen LogP contribution in [0.1, 0.15) is 26.2 Å². The van der Waals surface area contributed by atoms with Gasteiger partial charge in [0.2, 0.25) is 0 Å². The van der Waals surface area contributed by atoms with Gasteiger partial charge in [0.15, 0.2) is 0 Å². The lowest BCUT2D eigenvalue weighted by atomic mass is 10.3. The fourth-order valence-corrected chi connectivity index (χ4v) is 0.521. The van der Waals surface area contributed by atoms with Gasteiger partial charge in [-0.3, -0.25) is 4.99 Å². The zero-order valence-electron chi connectivity index (χ0n) is 6.14. The molecule has 54 valence electrons. The summed E-state index contributed by atoms with van der Waals surface area (Å²) < 4.78 is 0. The minimum absolute atomic E-state index is 0.776. The van der Waals surface area contributed by atoms with Crippen LogP contribution in [-0.2, 0) is 0 Å². The van der Waals surface area contributed by atoms with E-state index in [0.29, 0.717) is 0 Å². The fourth-order valence-electron chi connectivity index (χ4n) is 0.521. The van der Waals surface area contributed by atoms with Crippen LogP contribution in [0.25, 0.3) is 0 Å². The molecule has 0 atom stereocenters. The highest BCUT2D eigenvalue weighted by atomic mass is 14.7. The molecule has 2 heteroatoms. The molecule has 0 aromatic heterocycles. The Labute approximate surface area is 57.2 Å². The van der Waals surface area contributed by atoms with Crippen LogP contribution >= 0.6 is 0 Å². The zero-order chi connectivity index (χ0) is 6.95. The van der Waals surface area contributed by atoms with Crippen LogP contribution in [0, 0.1) is 0 Å². The number of hydrogen-bond acceptors (Lipinski definition) is 2. The molecule has 0 aliphatic carbocycles. The van der Waals surface area contributed by atoms with E-state index in [1.165, 1.54) is 0 Å². The van der Waals surface area contributed by atoms with E-state index in [-0.39, 0.29) is 0 Å². The first-order valence-electron chi connectivity index (χ1n) is 3.60. The number of nitrogens with zero attached hydrogens (tertiary/aromatic N) is 1. The van der Waals surface area contributed by atoms with Crippen molar-refractivity contribution in [2.75, 3.05) is 13.1 Å². The molecule has 0 heterocycles. The van der Waals surface area contributed by atoms with E-state index >= 15 is 0 Å². The molecule has 0 aliphatic rings.